The van der Waals surface area contributed by atoms with Crippen molar-refractivity contribution in [1.29, 1.82) is 0 Å². The third-order valence-corrected chi connectivity index (χ3v) is 5.85. The molecule has 0 radical (unpaired) electrons. The molecule has 29 heavy (non-hydrogen) atoms. The number of halogens is 1. The minimum atomic E-state index is 0.0289. The molecule has 1 aromatic heterocycles. The topological polar surface area (TPSA) is 33.2 Å². The lowest BCUT2D eigenvalue weighted by Crippen LogP contribution is -2.30. The van der Waals surface area contributed by atoms with Crippen LogP contribution in [-0.4, -0.2) is 17.4 Å². The van der Waals surface area contributed by atoms with Crippen molar-refractivity contribution in [1.82, 2.24) is 4.98 Å². The van der Waals surface area contributed by atoms with Crippen LogP contribution in [0.3, 0.4) is 0 Å². The molecule has 5 rings (SSSR count). The molecule has 0 N–H and O–H groups in total. The first-order valence-electron chi connectivity index (χ1n) is 9.68. The number of pyridine rings is 1. The van der Waals surface area contributed by atoms with Gasteiger partial charge in [0.2, 0.25) is 0 Å². The molecule has 1 amide bonds. The molecule has 0 fully saturated rings. The van der Waals surface area contributed by atoms with Crippen molar-refractivity contribution in [3.8, 4) is 11.3 Å². The van der Waals surface area contributed by atoms with Gasteiger partial charge in [0.05, 0.1) is 16.8 Å². The summed E-state index contributed by atoms with van der Waals surface area (Å²) in [5.74, 6) is 0.0289. The number of fused-ring (bicyclic) bond motifs is 2. The van der Waals surface area contributed by atoms with E-state index in [0.717, 1.165) is 45.4 Å². The molecule has 4 heteroatoms. The fraction of sp³-hybridized carbons (Fsp3) is 0.120. The summed E-state index contributed by atoms with van der Waals surface area (Å²) in [5.41, 5.74) is 6.42. The highest BCUT2D eigenvalue weighted by Gasteiger charge is 2.28. The highest BCUT2D eigenvalue weighted by Crippen LogP contribution is 2.34. The molecule has 3 aromatic carbocycles. The summed E-state index contributed by atoms with van der Waals surface area (Å²) in [6, 6.07) is 23.6. The van der Waals surface area contributed by atoms with Crippen LogP contribution in [0, 0.1) is 6.92 Å². The van der Waals surface area contributed by atoms with E-state index in [-0.39, 0.29) is 5.91 Å². The van der Waals surface area contributed by atoms with Gasteiger partial charge in [0, 0.05) is 28.2 Å². The van der Waals surface area contributed by atoms with Crippen LogP contribution in [0.1, 0.15) is 21.5 Å². The summed E-state index contributed by atoms with van der Waals surface area (Å²) in [7, 11) is 0. The summed E-state index contributed by atoms with van der Waals surface area (Å²) < 4.78 is 0. The Morgan fingerprint density at radius 3 is 2.52 bits per heavy atom. The number of para-hydroxylation sites is 2. The van der Waals surface area contributed by atoms with Crippen molar-refractivity contribution in [3.63, 3.8) is 0 Å². The summed E-state index contributed by atoms with van der Waals surface area (Å²) >= 11 is 6.07. The second-order valence-corrected chi connectivity index (χ2v) is 7.76. The maximum atomic E-state index is 13.8. The molecule has 142 valence electrons. The van der Waals surface area contributed by atoms with Crippen molar-refractivity contribution in [2.75, 3.05) is 11.4 Å². The normalized spacial score (nSPS) is 13.0. The van der Waals surface area contributed by atoms with Crippen LogP contribution < -0.4 is 4.90 Å². The Hall–Kier alpha value is -3.17. The van der Waals surface area contributed by atoms with Gasteiger partial charge in [0.15, 0.2) is 0 Å². The standard InChI is InChI=1S/C25H19ClN2O/c1-16-23(25(29)28-15-14-17-6-2-5-9-22(17)28)20-7-3-4-8-21(20)27-24(16)18-10-12-19(26)13-11-18/h2-13H,14-15H2,1H3. The average Bonchev–Trinajstić information content (AvgIpc) is 3.18. The van der Waals surface area contributed by atoms with Crippen LogP contribution in [0.5, 0.6) is 0 Å². The van der Waals surface area contributed by atoms with E-state index < -0.39 is 0 Å². The van der Waals surface area contributed by atoms with Gasteiger partial charge in [-0.2, -0.15) is 0 Å². The number of nitrogens with zero attached hydrogens (tertiary/aromatic N) is 2. The molecule has 0 spiro atoms. The maximum absolute atomic E-state index is 13.8. The van der Waals surface area contributed by atoms with Crippen molar-refractivity contribution in [2.24, 2.45) is 0 Å². The van der Waals surface area contributed by atoms with Crippen LogP contribution in [0.2, 0.25) is 5.02 Å². The van der Waals surface area contributed by atoms with E-state index >= 15 is 0 Å². The van der Waals surface area contributed by atoms with Gasteiger partial charge in [-0.25, -0.2) is 4.98 Å². The predicted octanol–water partition coefficient (Wildman–Crippen LogP) is 6.07. The van der Waals surface area contributed by atoms with Gasteiger partial charge >= 0.3 is 0 Å². The molecule has 0 atom stereocenters. The van der Waals surface area contributed by atoms with Gasteiger partial charge in [-0.3, -0.25) is 4.79 Å². The van der Waals surface area contributed by atoms with E-state index in [9.17, 15) is 4.79 Å². The number of hydrogen-bond acceptors (Lipinski definition) is 2. The smallest absolute Gasteiger partial charge is 0.259 e. The molecule has 1 aliphatic rings. The van der Waals surface area contributed by atoms with E-state index in [1.54, 1.807) is 0 Å². The quantitative estimate of drug-likeness (QED) is 0.410. The number of hydrogen-bond donors (Lipinski definition) is 0. The maximum Gasteiger partial charge on any atom is 0.259 e. The van der Waals surface area contributed by atoms with Crippen LogP contribution in [-0.2, 0) is 6.42 Å². The van der Waals surface area contributed by atoms with Crippen molar-refractivity contribution in [2.45, 2.75) is 13.3 Å². The highest BCUT2D eigenvalue weighted by atomic mass is 35.5. The Labute approximate surface area is 174 Å². The van der Waals surface area contributed by atoms with Crippen molar-refractivity contribution < 1.29 is 4.79 Å². The van der Waals surface area contributed by atoms with Crippen LogP contribution in [0.25, 0.3) is 22.2 Å². The minimum absolute atomic E-state index is 0.0289. The lowest BCUT2D eigenvalue weighted by Gasteiger charge is -2.21. The van der Waals surface area contributed by atoms with Gasteiger partial charge in [-0.15, -0.1) is 0 Å². The molecular formula is C25H19ClN2O. The first-order valence-corrected chi connectivity index (χ1v) is 10.1. The van der Waals surface area contributed by atoms with E-state index in [2.05, 4.69) is 6.07 Å². The molecule has 0 aliphatic carbocycles. The Morgan fingerprint density at radius 1 is 0.966 bits per heavy atom. The van der Waals surface area contributed by atoms with Gasteiger partial charge < -0.3 is 4.90 Å². The molecule has 0 saturated carbocycles. The monoisotopic (exact) mass is 398 g/mol. The predicted molar refractivity (Wildman–Crippen MR) is 119 cm³/mol. The Morgan fingerprint density at radius 2 is 1.69 bits per heavy atom. The van der Waals surface area contributed by atoms with Crippen LogP contribution in [0.15, 0.2) is 72.8 Å². The van der Waals surface area contributed by atoms with E-state index in [1.165, 1.54) is 5.56 Å². The van der Waals surface area contributed by atoms with Crippen LogP contribution >= 0.6 is 11.6 Å². The molecule has 0 unspecified atom stereocenters. The lowest BCUT2D eigenvalue weighted by atomic mass is 9.96. The molecule has 1 aliphatic heterocycles. The van der Waals surface area contributed by atoms with E-state index in [1.807, 2.05) is 78.6 Å². The SMILES string of the molecule is Cc1c(-c2ccc(Cl)cc2)nc2ccccc2c1C(=O)N1CCc2ccccc21. The number of rotatable bonds is 2. The molecule has 3 nitrogen and oxygen atoms in total. The van der Waals surface area contributed by atoms with Crippen molar-refractivity contribution >= 4 is 34.1 Å². The highest BCUT2D eigenvalue weighted by molar-refractivity contribution is 6.30. The number of anilines is 1. The molecule has 2 heterocycles. The van der Waals surface area contributed by atoms with Gasteiger partial charge in [-0.05, 0) is 48.7 Å². The van der Waals surface area contributed by atoms with E-state index in [0.29, 0.717) is 11.6 Å². The molecular weight excluding hydrogens is 380 g/mol. The van der Waals surface area contributed by atoms with Crippen LogP contribution in [0.4, 0.5) is 5.69 Å². The number of benzene rings is 3. The second-order valence-electron chi connectivity index (χ2n) is 7.32. The fourth-order valence-electron chi connectivity index (χ4n) is 4.16. The van der Waals surface area contributed by atoms with Gasteiger partial charge in [0.25, 0.3) is 5.91 Å². The number of carbonyl (C=O) groups excluding carboxylic acids is 1. The van der Waals surface area contributed by atoms with Gasteiger partial charge in [-0.1, -0.05) is 60.1 Å². The third-order valence-electron chi connectivity index (χ3n) is 5.60. The molecule has 0 bridgehead atoms. The number of carbonyl (C=O) groups is 1. The fourth-order valence-corrected chi connectivity index (χ4v) is 4.28. The zero-order valence-corrected chi connectivity index (χ0v) is 16.8. The Bertz CT molecular complexity index is 1250. The first-order chi connectivity index (χ1) is 14.1. The zero-order chi connectivity index (χ0) is 20.0. The molecule has 4 aromatic rings. The lowest BCUT2D eigenvalue weighted by molar-refractivity contribution is 0.0990. The minimum Gasteiger partial charge on any atom is -0.308 e. The summed E-state index contributed by atoms with van der Waals surface area (Å²) in [6.07, 6.45) is 0.883. The third kappa shape index (κ3) is 2.99. The number of aromatic nitrogens is 1. The zero-order valence-electron chi connectivity index (χ0n) is 16.0. The summed E-state index contributed by atoms with van der Waals surface area (Å²) in [5, 5.41) is 1.56. The van der Waals surface area contributed by atoms with Gasteiger partial charge in [0.1, 0.15) is 0 Å². The number of amides is 1. The van der Waals surface area contributed by atoms with Crippen molar-refractivity contribution in [3.05, 3.63) is 94.5 Å². The van der Waals surface area contributed by atoms with E-state index in [4.69, 9.17) is 16.6 Å². The summed E-state index contributed by atoms with van der Waals surface area (Å²) in [6.45, 7) is 2.68. The Balaban J connectivity index is 1.72. The Kier molecular flexibility index (Phi) is 4.33. The first kappa shape index (κ1) is 17.9. The second kappa shape index (κ2) is 7.02. The average molecular weight is 399 g/mol. The summed E-state index contributed by atoms with van der Waals surface area (Å²) in [4.78, 5) is 20.5. The molecule has 0 saturated heterocycles. The largest absolute Gasteiger partial charge is 0.308 e.